The van der Waals surface area contributed by atoms with Crippen LogP contribution in [0, 0.1) is 0 Å². The highest BCUT2D eigenvalue weighted by Gasteiger charge is 2.44. The summed E-state index contributed by atoms with van der Waals surface area (Å²) in [5, 5.41) is 0. The second-order valence-electron chi connectivity index (χ2n) is 5.77. The summed E-state index contributed by atoms with van der Waals surface area (Å²) in [5.74, 6) is 0.442. The zero-order valence-corrected chi connectivity index (χ0v) is 13.2. The van der Waals surface area contributed by atoms with Crippen molar-refractivity contribution in [1.29, 1.82) is 0 Å². The SMILES string of the molecule is CCc1nccn1CC(=O)N1CCC[C@]1(COC)CC(N)=O. The van der Waals surface area contributed by atoms with Crippen LogP contribution < -0.4 is 5.73 Å². The Morgan fingerprint density at radius 3 is 2.91 bits per heavy atom. The van der Waals surface area contributed by atoms with Crippen molar-refractivity contribution >= 4 is 11.8 Å². The molecule has 122 valence electrons. The molecule has 2 N–H and O–H groups in total. The molecule has 0 bridgehead atoms. The third kappa shape index (κ3) is 3.30. The van der Waals surface area contributed by atoms with Crippen molar-refractivity contribution in [2.45, 2.75) is 44.7 Å². The van der Waals surface area contributed by atoms with E-state index < -0.39 is 11.4 Å². The number of carbonyl (C=O) groups excluding carboxylic acids is 2. The van der Waals surface area contributed by atoms with Gasteiger partial charge in [-0.25, -0.2) is 4.98 Å². The fourth-order valence-electron chi connectivity index (χ4n) is 3.33. The molecular formula is C15H24N4O3. The molecular weight excluding hydrogens is 284 g/mol. The highest BCUT2D eigenvalue weighted by atomic mass is 16.5. The molecule has 1 atom stereocenters. The van der Waals surface area contributed by atoms with E-state index in [-0.39, 0.29) is 18.9 Å². The van der Waals surface area contributed by atoms with Gasteiger partial charge in [0.05, 0.1) is 18.6 Å². The smallest absolute Gasteiger partial charge is 0.243 e. The minimum atomic E-state index is -0.607. The van der Waals surface area contributed by atoms with Crippen molar-refractivity contribution < 1.29 is 14.3 Å². The van der Waals surface area contributed by atoms with Crippen LogP contribution in [-0.4, -0.2) is 52.1 Å². The summed E-state index contributed by atoms with van der Waals surface area (Å²) in [6.45, 7) is 3.19. The number of aromatic nitrogens is 2. The fourth-order valence-corrected chi connectivity index (χ4v) is 3.33. The molecule has 1 aromatic rings. The van der Waals surface area contributed by atoms with Crippen molar-refractivity contribution in [2.24, 2.45) is 5.73 Å². The molecule has 0 saturated carbocycles. The van der Waals surface area contributed by atoms with Crippen LogP contribution in [0.3, 0.4) is 0 Å². The summed E-state index contributed by atoms with van der Waals surface area (Å²) < 4.78 is 7.12. The van der Waals surface area contributed by atoms with Crippen LogP contribution in [0.5, 0.6) is 0 Å². The number of primary amides is 1. The van der Waals surface area contributed by atoms with E-state index in [1.54, 1.807) is 24.4 Å². The molecule has 0 spiro atoms. The Morgan fingerprint density at radius 2 is 2.27 bits per heavy atom. The number of amides is 2. The molecule has 22 heavy (non-hydrogen) atoms. The van der Waals surface area contributed by atoms with Crippen LogP contribution in [0.1, 0.15) is 32.0 Å². The molecule has 7 heteroatoms. The zero-order valence-electron chi connectivity index (χ0n) is 13.2. The van der Waals surface area contributed by atoms with Crippen molar-refractivity contribution in [1.82, 2.24) is 14.5 Å². The zero-order chi connectivity index (χ0) is 16.2. The van der Waals surface area contributed by atoms with Gasteiger partial charge in [0.25, 0.3) is 0 Å². The number of methoxy groups -OCH3 is 1. The lowest BCUT2D eigenvalue weighted by Gasteiger charge is -2.37. The van der Waals surface area contributed by atoms with Crippen LogP contribution in [0.25, 0.3) is 0 Å². The predicted molar refractivity (Wildman–Crippen MR) is 81.0 cm³/mol. The van der Waals surface area contributed by atoms with Gasteiger partial charge in [-0.1, -0.05) is 6.92 Å². The van der Waals surface area contributed by atoms with Gasteiger partial charge < -0.3 is 19.9 Å². The van der Waals surface area contributed by atoms with Gasteiger partial charge in [-0.05, 0) is 12.8 Å². The fraction of sp³-hybridized carbons (Fsp3) is 0.667. The molecule has 2 heterocycles. The number of rotatable bonds is 7. The summed E-state index contributed by atoms with van der Waals surface area (Å²) in [7, 11) is 1.58. The van der Waals surface area contributed by atoms with E-state index >= 15 is 0 Å². The monoisotopic (exact) mass is 308 g/mol. The number of nitrogens with zero attached hydrogens (tertiary/aromatic N) is 3. The Bertz CT molecular complexity index is 543. The number of likely N-dealkylation sites (tertiary alicyclic amines) is 1. The van der Waals surface area contributed by atoms with E-state index in [1.807, 2.05) is 11.5 Å². The Morgan fingerprint density at radius 1 is 1.50 bits per heavy atom. The number of aryl methyl sites for hydroxylation is 1. The number of hydrogen-bond acceptors (Lipinski definition) is 4. The Hall–Kier alpha value is -1.89. The van der Waals surface area contributed by atoms with E-state index in [9.17, 15) is 9.59 Å². The van der Waals surface area contributed by atoms with Gasteiger partial charge in [0.1, 0.15) is 12.4 Å². The molecule has 1 aliphatic heterocycles. The predicted octanol–water partition coefficient (Wildman–Crippen LogP) is 0.329. The number of imidazole rings is 1. The van der Waals surface area contributed by atoms with Crippen molar-refractivity contribution in [3.63, 3.8) is 0 Å². The third-order valence-corrected chi connectivity index (χ3v) is 4.24. The standard InChI is InChI=1S/C15H24N4O3/c1-3-13-17-6-8-18(13)10-14(21)19-7-4-5-15(19,11-22-2)9-12(16)20/h6,8H,3-5,7,9-11H2,1-2H3,(H2,16,20)/t15-/m1/s1. The van der Waals surface area contributed by atoms with Crippen molar-refractivity contribution in [3.8, 4) is 0 Å². The molecule has 7 nitrogen and oxygen atoms in total. The van der Waals surface area contributed by atoms with E-state index in [0.717, 1.165) is 25.1 Å². The molecule has 1 saturated heterocycles. The van der Waals surface area contributed by atoms with Gasteiger partial charge in [0.15, 0.2) is 0 Å². The summed E-state index contributed by atoms with van der Waals surface area (Å²) in [6, 6.07) is 0. The average Bonchev–Trinajstić information content (AvgIpc) is 3.05. The number of ether oxygens (including phenoxy) is 1. The molecule has 2 amide bonds. The molecule has 0 aromatic carbocycles. The van der Waals surface area contributed by atoms with Crippen LogP contribution in [0.15, 0.2) is 12.4 Å². The summed E-state index contributed by atoms with van der Waals surface area (Å²) in [5.41, 5.74) is 4.78. The van der Waals surface area contributed by atoms with Crippen molar-refractivity contribution in [3.05, 3.63) is 18.2 Å². The van der Waals surface area contributed by atoms with E-state index in [2.05, 4.69) is 4.98 Å². The van der Waals surface area contributed by atoms with Gasteiger partial charge in [0.2, 0.25) is 11.8 Å². The van der Waals surface area contributed by atoms with Gasteiger partial charge in [-0.15, -0.1) is 0 Å². The highest BCUT2D eigenvalue weighted by molar-refractivity contribution is 5.80. The van der Waals surface area contributed by atoms with Gasteiger partial charge in [0, 0.05) is 32.5 Å². The topological polar surface area (TPSA) is 90.4 Å². The Balaban J connectivity index is 2.17. The summed E-state index contributed by atoms with van der Waals surface area (Å²) in [4.78, 5) is 30.2. The van der Waals surface area contributed by atoms with Crippen LogP contribution in [0.4, 0.5) is 0 Å². The first-order chi connectivity index (χ1) is 10.5. The lowest BCUT2D eigenvalue weighted by Crippen LogP contribution is -2.53. The minimum Gasteiger partial charge on any atom is -0.382 e. The first-order valence-corrected chi connectivity index (χ1v) is 7.60. The second-order valence-corrected chi connectivity index (χ2v) is 5.77. The van der Waals surface area contributed by atoms with E-state index in [4.69, 9.17) is 10.5 Å². The second kappa shape index (κ2) is 6.91. The van der Waals surface area contributed by atoms with Gasteiger partial charge >= 0.3 is 0 Å². The molecule has 1 aromatic heterocycles. The molecule has 1 aliphatic rings. The maximum absolute atomic E-state index is 12.7. The summed E-state index contributed by atoms with van der Waals surface area (Å²) in [6.07, 6.45) is 6.00. The normalized spacial score (nSPS) is 21.3. The quantitative estimate of drug-likeness (QED) is 0.786. The third-order valence-electron chi connectivity index (χ3n) is 4.24. The molecule has 1 fully saturated rings. The highest BCUT2D eigenvalue weighted by Crippen LogP contribution is 2.33. The first-order valence-electron chi connectivity index (χ1n) is 7.60. The molecule has 0 unspecified atom stereocenters. The average molecular weight is 308 g/mol. The van der Waals surface area contributed by atoms with Crippen molar-refractivity contribution in [2.75, 3.05) is 20.3 Å². The lowest BCUT2D eigenvalue weighted by molar-refractivity contribution is -0.139. The number of carbonyl (C=O) groups is 2. The summed E-state index contributed by atoms with van der Waals surface area (Å²) >= 11 is 0. The Kier molecular flexibility index (Phi) is 5.18. The number of nitrogens with two attached hydrogens (primary N) is 1. The molecule has 0 aliphatic carbocycles. The number of hydrogen-bond donors (Lipinski definition) is 1. The van der Waals surface area contributed by atoms with Crippen LogP contribution in [0.2, 0.25) is 0 Å². The largest absolute Gasteiger partial charge is 0.382 e. The maximum Gasteiger partial charge on any atom is 0.243 e. The molecule has 0 radical (unpaired) electrons. The minimum absolute atomic E-state index is 0.0245. The van der Waals surface area contributed by atoms with Crippen LogP contribution >= 0.6 is 0 Å². The van der Waals surface area contributed by atoms with E-state index in [1.165, 1.54) is 0 Å². The molecule has 2 rings (SSSR count). The van der Waals surface area contributed by atoms with Crippen LogP contribution in [-0.2, 0) is 27.3 Å². The lowest BCUT2D eigenvalue weighted by atomic mass is 9.92. The maximum atomic E-state index is 12.7. The van der Waals surface area contributed by atoms with Gasteiger partial charge in [-0.2, -0.15) is 0 Å². The van der Waals surface area contributed by atoms with Gasteiger partial charge in [-0.3, -0.25) is 9.59 Å². The Labute approximate surface area is 130 Å². The first kappa shape index (κ1) is 16.5. The van der Waals surface area contributed by atoms with E-state index in [0.29, 0.717) is 13.2 Å².